The van der Waals surface area contributed by atoms with E-state index < -0.39 is 0 Å². The molecular formula is C20H18N4O2. The second kappa shape index (κ2) is 7.57. The third-order valence-electron chi connectivity index (χ3n) is 3.77. The number of aryl methyl sites for hydroxylation is 2. The monoisotopic (exact) mass is 346 g/mol. The van der Waals surface area contributed by atoms with Crippen LogP contribution in [0, 0.1) is 13.8 Å². The molecule has 0 amide bonds. The van der Waals surface area contributed by atoms with Crippen LogP contribution in [0.25, 0.3) is 0 Å². The largest absolute Gasteiger partial charge is 0.508 e. The molecule has 0 aliphatic rings. The smallest absolute Gasteiger partial charge is 0.115 e. The van der Waals surface area contributed by atoms with Gasteiger partial charge in [-0.25, -0.2) is 0 Å². The third-order valence-corrected chi connectivity index (χ3v) is 3.77. The number of phenolic OH excluding ortho intramolecular Hbond substituents is 2. The van der Waals surface area contributed by atoms with Crippen LogP contribution in [-0.4, -0.2) is 10.2 Å². The Kier molecular flexibility index (Phi) is 5.03. The van der Waals surface area contributed by atoms with Gasteiger partial charge in [-0.15, -0.1) is 10.2 Å². The van der Waals surface area contributed by atoms with E-state index in [2.05, 4.69) is 20.5 Å². The van der Waals surface area contributed by atoms with E-state index in [9.17, 15) is 10.2 Å². The molecule has 3 aromatic carbocycles. The van der Waals surface area contributed by atoms with Crippen LogP contribution < -0.4 is 0 Å². The Morgan fingerprint density at radius 2 is 0.923 bits per heavy atom. The minimum absolute atomic E-state index is 0.194. The van der Waals surface area contributed by atoms with E-state index in [1.807, 2.05) is 26.0 Å². The van der Waals surface area contributed by atoms with E-state index in [-0.39, 0.29) is 11.5 Å². The summed E-state index contributed by atoms with van der Waals surface area (Å²) in [7, 11) is 0. The van der Waals surface area contributed by atoms with Crippen LogP contribution in [-0.2, 0) is 0 Å². The van der Waals surface area contributed by atoms with Crippen molar-refractivity contribution in [2.24, 2.45) is 20.5 Å². The Labute approximate surface area is 151 Å². The molecule has 0 aromatic heterocycles. The molecule has 6 nitrogen and oxygen atoms in total. The first kappa shape index (κ1) is 17.3. The van der Waals surface area contributed by atoms with Crippen LogP contribution >= 0.6 is 0 Å². The molecule has 0 aliphatic heterocycles. The van der Waals surface area contributed by atoms with Crippen LogP contribution in [0.15, 0.2) is 81.1 Å². The first-order chi connectivity index (χ1) is 12.5. The van der Waals surface area contributed by atoms with E-state index in [0.717, 1.165) is 11.1 Å². The summed E-state index contributed by atoms with van der Waals surface area (Å²) in [5.41, 5.74) is 4.16. The molecule has 0 saturated heterocycles. The van der Waals surface area contributed by atoms with Gasteiger partial charge in [-0.05, 0) is 73.5 Å². The van der Waals surface area contributed by atoms with E-state index in [0.29, 0.717) is 22.7 Å². The van der Waals surface area contributed by atoms with Gasteiger partial charge in [-0.3, -0.25) is 0 Å². The van der Waals surface area contributed by atoms with E-state index in [4.69, 9.17) is 0 Å². The Hall–Kier alpha value is -3.54. The van der Waals surface area contributed by atoms with Crippen molar-refractivity contribution in [3.05, 3.63) is 71.8 Å². The topological polar surface area (TPSA) is 89.9 Å². The first-order valence-corrected chi connectivity index (χ1v) is 8.05. The van der Waals surface area contributed by atoms with Gasteiger partial charge < -0.3 is 10.2 Å². The van der Waals surface area contributed by atoms with Crippen molar-refractivity contribution in [3.63, 3.8) is 0 Å². The van der Waals surface area contributed by atoms with E-state index >= 15 is 0 Å². The lowest BCUT2D eigenvalue weighted by Crippen LogP contribution is -1.74. The van der Waals surface area contributed by atoms with Crippen molar-refractivity contribution in [2.45, 2.75) is 13.8 Å². The second-order valence-corrected chi connectivity index (χ2v) is 5.83. The van der Waals surface area contributed by atoms with Gasteiger partial charge in [0.2, 0.25) is 0 Å². The lowest BCUT2D eigenvalue weighted by molar-refractivity contribution is 0.474. The van der Waals surface area contributed by atoms with Crippen LogP contribution in [0.4, 0.5) is 22.7 Å². The Bertz CT molecular complexity index is 916. The standard InChI is InChI=1S/C20H18N4O2/c1-13-11-15(25)7-9-17(13)21-23-19-5-3-4-6-20(19)24-22-18-10-8-16(26)12-14(18)2/h3-12,25-26H,1-2H3. The molecule has 0 heterocycles. The summed E-state index contributed by atoms with van der Waals surface area (Å²) in [5.74, 6) is 0.389. The fraction of sp³-hybridized carbons (Fsp3) is 0.100. The highest BCUT2D eigenvalue weighted by atomic mass is 16.3. The Morgan fingerprint density at radius 1 is 0.538 bits per heavy atom. The number of benzene rings is 3. The fourth-order valence-corrected chi connectivity index (χ4v) is 2.35. The molecule has 0 saturated carbocycles. The highest BCUT2D eigenvalue weighted by molar-refractivity contribution is 5.61. The van der Waals surface area contributed by atoms with Crippen molar-refractivity contribution in [1.29, 1.82) is 0 Å². The summed E-state index contributed by atoms with van der Waals surface area (Å²) in [6.07, 6.45) is 0. The van der Waals surface area contributed by atoms with Crippen LogP contribution in [0.3, 0.4) is 0 Å². The number of aromatic hydroxyl groups is 2. The highest BCUT2D eigenvalue weighted by Gasteiger charge is 2.03. The van der Waals surface area contributed by atoms with Crippen molar-refractivity contribution in [3.8, 4) is 11.5 Å². The molecule has 0 radical (unpaired) electrons. The number of rotatable bonds is 4. The summed E-state index contributed by atoms with van der Waals surface area (Å²) in [6, 6.07) is 17.1. The Morgan fingerprint density at radius 3 is 1.31 bits per heavy atom. The molecular weight excluding hydrogens is 328 g/mol. The summed E-state index contributed by atoms with van der Waals surface area (Å²) in [6.45, 7) is 3.71. The normalized spacial score (nSPS) is 11.5. The maximum atomic E-state index is 9.47. The maximum Gasteiger partial charge on any atom is 0.115 e. The predicted octanol–water partition coefficient (Wildman–Crippen LogP) is 6.55. The molecule has 0 unspecified atom stereocenters. The average Bonchev–Trinajstić information content (AvgIpc) is 2.61. The summed E-state index contributed by atoms with van der Waals surface area (Å²) in [4.78, 5) is 0. The second-order valence-electron chi connectivity index (χ2n) is 5.83. The van der Waals surface area contributed by atoms with Crippen molar-refractivity contribution < 1.29 is 10.2 Å². The molecule has 0 bridgehead atoms. The summed E-state index contributed by atoms with van der Waals surface area (Å²) >= 11 is 0. The molecule has 0 fully saturated rings. The molecule has 3 aromatic rings. The summed E-state index contributed by atoms with van der Waals surface area (Å²) in [5, 5.41) is 36.0. The van der Waals surface area contributed by atoms with Gasteiger partial charge in [0.25, 0.3) is 0 Å². The van der Waals surface area contributed by atoms with Gasteiger partial charge in [0, 0.05) is 0 Å². The molecule has 0 spiro atoms. The van der Waals surface area contributed by atoms with Crippen LogP contribution in [0.5, 0.6) is 11.5 Å². The van der Waals surface area contributed by atoms with Gasteiger partial charge in [0.15, 0.2) is 0 Å². The number of hydrogen-bond donors (Lipinski definition) is 2. The lowest BCUT2D eigenvalue weighted by atomic mass is 10.2. The number of phenols is 2. The van der Waals surface area contributed by atoms with Gasteiger partial charge >= 0.3 is 0 Å². The minimum atomic E-state index is 0.194. The molecule has 6 heteroatoms. The third kappa shape index (κ3) is 4.10. The van der Waals surface area contributed by atoms with Gasteiger partial charge in [0.1, 0.15) is 22.9 Å². The van der Waals surface area contributed by atoms with E-state index in [1.165, 1.54) is 0 Å². The molecule has 130 valence electrons. The van der Waals surface area contributed by atoms with E-state index in [1.54, 1.807) is 48.5 Å². The van der Waals surface area contributed by atoms with Crippen molar-refractivity contribution in [1.82, 2.24) is 0 Å². The zero-order valence-corrected chi connectivity index (χ0v) is 14.5. The minimum Gasteiger partial charge on any atom is -0.508 e. The first-order valence-electron chi connectivity index (χ1n) is 8.05. The molecule has 0 aliphatic carbocycles. The summed E-state index contributed by atoms with van der Waals surface area (Å²) < 4.78 is 0. The predicted molar refractivity (Wildman–Crippen MR) is 100 cm³/mol. The van der Waals surface area contributed by atoms with Crippen LogP contribution in [0.1, 0.15) is 11.1 Å². The quantitative estimate of drug-likeness (QED) is 0.525. The van der Waals surface area contributed by atoms with Crippen LogP contribution in [0.2, 0.25) is 0 Å². The lowest BCUT2D eigenvalue weighted by Gasteiger charge is -2.02. The van der Waals surface area contributed by atoms with Gasteiger partial charge in [-0.2, -0.15) is 10.2 Å². The van der Waals surface area contributed by atoms with Crippen molar-refractivity contribution in [2.75, 3.05) is 0 Å². The highest BCUT2D eigenvalue weighted by Crippen LogP contribution is 2.32. The average molecular weight is 346 g/mol. The van der Waals surface area contributed by atoms with Crippen molar-refractivity contribution >= 4 is 22.7 Å². The zero-order valence-electron chi connectivity index (χ0n) is 14.5. The maximum absolute atomic E-state index is 9.47. The van der Waals surface area contributed by atoms with Gasteiger partial charge in [-0.1, -0.05) is 12.1 Å². The molecule has 26 heavy (non-hydrogen) atoms. The number of azo groups is 2. The van der Waals surface area contributed by atoms with Gasteiger partial charge in [0.05, 0.1) is 11.4 Å². The fourth-order valence-electron chi connectivity index (χ4n) is 2.35. The number of hydrogen-bond acceptors (Lipinski definition) is 6. The Balaban J connectivity index is 1.88. The SMILES string of the molecule is Cc1cc(O)ccc1N=Nc1ccccc1N=Nc1ccc(O)cc1C. The molecule has 0 atom stereocenters. The number of nitrogens with zero attached hydrogens (tertiary/aromatic N) is 4. The molecule has 2 N–H and O–H groups in total. The molecule has 3 rings (SSSR count). The zero-order chi connectivity index (χ0) is 18.5.